The lowest BCUT2D eigenvalue weighted by Gasteiger charge is -2.47. The van der Waals surface area contributed by atoms with E-state index in [0.717, 1.165) is 24.5 Å². The number of ether oxygens (including phenoxy) is 1. The van der Waals surface area contributed by atoms with E-state index in [4.69, 9.17) is 21.2 Å². The zero-order valence-electron chi connectivity index (χ0n) is 21.8. The van der Waals surface area contributed by atoms with Crippen molar-refractivity contribution in [1.82, 2.24) is 5.32 Å². The topological polar surface area (TPSA) is 95.5 Å². The van der Waals surface area contributed by atoms with E-state index in [1.165, 1.54) is 0 Å². The Hall–Kier alpha value is -0.162. The van der Waals surface area contributed by atoms with E-state index in [9.17, 15) is 9.90 Å². The van der Waals surface area contributed by atoms with Crippen LogP contribution < -0.4 is 5.32 Å². The minimum absolute atomic E-state index is 0.126. The first-order valence-electron chi connectivity index (χ1n) is 12.0. The smallest absolute Gasteiger partial charge is 0.320 e. The fraction of sp³-hybridized carbons (Fsp3) is 0.857. The summed E-state index contributed by atoms with van der Waals surface area (Å²) >= 11 is 0. The second-order valence-electron chi connectivity index (χ2n) is 11.1. The van der Waals surface area contributed by atoms with Crippen LogP contribution in [-0.2, 0) is 26.0 Å². The summed E-state index contributed by atoms with van der Waals surface area (Å²) in [5.41, 5.74) is 0.957. The number of carbonyl (C=O) groups excluding carboxylic acids is 1. The van der Waals surface area contributed by atoms with E-state index in [2.05, 4.69) is 57.7 Å². The average Bonchev–Trinajstić information content (AvgIpc) is 2.57. The summed E-state index contributed by atoms with van der Waals surface area (Å²) < 4.78 is 31.7. The minimum Gasteiger partial charge on any atom is -0.459 e. The zero-order chi connectivity index (χ0) is 25.1. The minimum atomic E-state index is -2.51. The third-order valence-corrected chi connectivity index (χ3v) is 22.2. The molecule has 1 aliphatic carbocycles. The van der Waals surface area contributed by atoms with Crippen molar-refractivity contribution in [3.63, 3.8) is 0 Å². The lowest BCUT2D eigenvalue weighted by molar-refractivity contribution is -0.157. The third kappa shape index (κ3) is 10.2. The van der Waals surface area contributed by atoms with E-state index in [-0.39, 0.29) is 12.5 Å². The number of esters is 1. The van der Waals surface area contributed by atoms with Gasteiger partial charge in [0.05, 0.1) is 12.6 Å². The van der Waals surface area contributed by atoms with E-state index < -0.39 is 46.5 Å². The summed E-state index contributed by atoms with van der Waals surface area (Å²) in [6.45, 7) is 21.0. The van der Waals surface area contributed by atoms with Gasteiger partial charge in [-0.3, -0.25) is 4.79 Å². The van der Waals surface area contributed by atoms with Crippen molar-refractivity contribution in [2.75, 3.05) is 13.1 Å². The Labute approximate surface area is 204 Å². The maximum Gasteiger partial charge on any atom is 0.320 e. The highest BCUT2D eigenvalue weighted by molar-refractivity contribution is 6.93. The molecule has 192 valence electrons. The molecule has 1 heterocycles. The molecule has 0 aromatic rings. The first-order chi connectivity index (χ1) is 15.0. The van der Waals surface area contributed by atoms with Gasteiger partial charge in [-0.15, -0.1) is 0 Å². The predicted octanol–water partition coefficient (Wildman–Crippen LogP) is 3.87. The van der Waals surface area contributed by atoms with Crippen molar-refractivity contribution < 1.29 is 31.1 Å². The highest BCUT2D eigenvalue weighted by Crippen LogP contribution is 2.36. The summed E-state index contributed by atoms with van der Waals surface area (Å²) in [6.07, 6.45) is 2.04. The lowest BCUT2D eigenvalue weighted by Crippen LogP contribution is -2.65. The Bertz CT molecular complexity index is 682. The number of rotatable bonds is 8. The molecule has 1 saturated carbocycles. The largest absolute Gasteiger partial charge is 0.459 e. The van der Waals surface area contributed by atoms with Crippen molar-refractivity contribution in [2.24, 2.45) is 5.92 Å². The van der Waals surface area contributed by atoms with Crippen LogP contribution in [-0.4, -0.2) is 70.6 Å². The highest BCUT2D eigenvalue weighted by Gasteiger charge is 2.52. The molecule has 8 nitrogen and oxygen atoms in total. The van der Waals surface area contributed by atoms with Crippen molar-refractivity contribution in [3.8, 4) is 0 Å². The number of hydrogen-bond donors (Lipinski definition) is 2. The van der Waals surface area contributed by atoms with Gasteiger partial charge in [0.1, 0.15) is 6.10 Å². The van der Waals surface area contributed by atoms with Crippen molar-refractivity contribution in [3.05, 3.63) is 12.2 Å². The molecule has 1 saturated heterocycles. The molecule has 2 fully saturated rings. The van der Waals surface area contributed by atoms with Crippen LogP contribution in [0.4, 0.5) is 0 Å². The standard InChI is InChI=1S/C21H45NO7Si4/c1-17(2)15-22-16-21(24)25-20-11-10-18(14-19(20)23)12-13-33(9)28-31(5,6)26-30(3,4)27-32(7,8)29-33/h18-20,22-23H,1,10-16H2,2-9H3. The van der Waals surface area contributed by atoms with Gasteiger partial charge < -0.3 is 31.6 Å². The van der Waals surface area contributed by atoms with Crippen LogP contribution in [0.1, 0.15) is 32.6 Å². The van der Waals surface area contributed by atoms with Gasteiger partial charge in [-0.2, -0.15) is 0 Å². The van der Waals surface area contributed by atoms with Gasteiger partial charge in [-0.1, -0.05) is 12.2 Å². The monoisotopic (exact) mass is 535 g/mol. The first kappa shape index (κ1) is 29.1. The SMILES string of the molecule is C=C(C)CNCC(=O)OC1CCC(CC[Si]2(C)O[Si](C)(C)O[Si](C)(C)O[Si](C)(C)O2)CC1O. The molecule has 0 aromatic heterocycles. The maximum absolute atomic E-state index is 12.1. The Morgan fingerprint density at radius 1 is 0.970 bits per heavy atom. The second kappa shape index (κ2) is 11.3. The summed E-state index contributed by atoms with van der Waals surface area (Å²) in [4.78, 5) is 12.1. The van der Waals surface area contributed by atoms with Gasteiger partial charge in [0.2, 0.25) is 0 Å². The normalized spacial score (nSPS) is 30.6. The van der Waals surface area contributed by atoms with Crippen LogP contribution in [0.3, 0.4) is 0 Å². The molecule has 12 heteroatoms. The van der Waals surface area contributed by atoms with E-state index >= 15 is 0 Å². The van der Waals surface area contributed by atoms with Crippen LogP contribution in [0, 0.1) is 5.92 Å². The molecule has 1 aliphatic heterocycles. The number of aliphatic hydroxyl groups is 1. The Balaban J connectivity index is 1.89. The van der Waals surface area contributed by atoms with Crippen LogP contribution in [0.2, 0.25) is 51.9 Å². The van der Waals surface area contributed by atoms with Crippen LogP contribution in [0.5, 0.6) is 0 Å². The number of hydrogen-bond acceptors (Lipinski definition) is 8. The van der Waals surface area contributed by atoms with Crippen molar-refractivity contribution in [1.29, 1.82) is 0 Å². The molecule has 0 amide bonds. The quantitative estimate of drug-likeness (QED) is 0.275. The van der Waals surface area contributed by atoms with Crippen molar-refractivity contribution in [2.45, 2.75) is 96.7 Å². The van der Waals surface area contributed by atoms with Gasteiger partial charge in [0.15, 0.2) is 0 Å². The molecule has 2 rings (SSSR count). The summed E-state index contributed by atoms with van der Waals surface area (Å²) in [5, 5.41) is 13.6. The Morgan fingerprint density at radius 2 is 1.52 bits per heavy atom. The fourth-order valence-electron chi connectivity index (χ4n) is 5.07. The highest BCUT2D eigenvalue weighted by atomic mass is 28.5. The summed E-state index contributed by atoms with van der Waals surface area (Å²) in [7, 11) is -9.56. The maximum atomic E-state index is 12.1. The van der Waals surface area contributed by atoms with Crippen LogP contribution in [0.25, 0.3) is 0 Å². The van der Waals surface area contributed by atoms with Gasteiger partial charge >= 0.3 is 40.2 Å². The number of nitrogens with one attached hydrogen (secondary N) is 1. The molecule has 3 atom stereocenters. The average molecular weight is 536 g/mol. The summed E-state index contributed by atoms with van der Waals surface area (Å²) in [5.74, 6) is 0.0153. The molecular formula is C21H45NO7Si4. The molecule has 3 unspecified atom stereocenters. The second-order valence-corrected chi connectivity index (χ2v) is 25.5. The predicted molar refractivity (Wildman–Crippen MR) is 139 cm³/mol. The van der Waals surface area contributed by atoms with Gasteiger partial charge in [0, 0.05) is 6.54 Å². The molecule has 2 N–H and O–H groups in total. The summed E-state index contributed by atoms with van der Waals surface area (Å²) in [6, 6.07) is 0.835. The molecule has 0 aromatic carbocycles. The molecule has 2 aliphatic rings. The molecule has 0 radical (unpaired) electrons. The van der Waals surface area contributed by atoms with Crippen LogP contribution in [0.15, 0.2) is 12.2 Å². The van der Waals surface area contributed by atoms with Gasteiger partial charge in [-0.25, -0.2) is 0 Å². The Morgan fingerprint density at radius 3 is 2.03 bits per heavy atom. The fourth-order valence-corrected chi connectivity index (χ4v) is 26.8. The number of aliphatic hydroxyl groups excluding tert-OH is 1. The Kier molecular flexibility index (Phi) is 9.93. The van der Waals surface area contributed by atoms with Crippen molar-refractivity contribution >= 4 is 40.2 Å². The van der Waals surface area contributed by atoms with E-state index in [0.29, 0.717) is 25.3 Å². The van der Waals surface area contributed by atoms with Crippen LogP contribution >= 0.6 is 0 Å². The molecule has 0 bridgehead atoms. The lowest BCUT2D eigenvalue weighted by atomic mass is 9.84. The zero-order valence-corrected chi connectivity index (χ0v) is 25.8. The third-order valence-electron chi connectivity index (χ3n) is 5.76. The van der Waals surface area contributed by atoms with E-state index in [1.54, 1.807) is 0 Å². The molecule has 33 heavy (non-hydrogen) atoms. The first-order valence-corrected chi connectivity index (χ1v) is 23.0. The number of carbonyl (C=O) groups is 1. The van der Waals surface area contributed by atoms with Gasteiger partial charge in [0.25, 0.3) is 0 Å². The molecule has 0 spiro atoms. The van der Waals surface area contributed by atoms with Gasteiger partial charge in [-0.05, 0) is 90.4 Å². The molecular weight excluding hydrogens is 491 g/mol. The van der Waals surface area contributed by atoms with E-state index in [1.807, 2.05) is 6.92 Å².